The fourth-order valence-corrected chi connectivity index (χ4v) is 7.83. The highest BCUT2D eigenvalue weighted by molar-refractivity contribution is 7.20. The van der Waals surface area contributed by atoms with Gasteiger partial charge in [0.15, 0.2) is 24.7 Å². The van der Waals surface area contributed by atoms with E-state index in [1.807, 2.05) is 51.5 Å². The third-order valence-electron chi connectivity index (χ3n) is 9.97. The first-order valence-corrected chi connectivity index (χ1v) is 21.1. The Bertz CT molecular complexity index is 1310. The smallest absolute Gasteiger partial charge is 0.324 e. The highest BCUT2D eigenvalue weighted by Gasteiger charge is 2.46. The molecule has 3 unspecified atom stereocenters. The van der Waals surface area contributed by atoms with E-state index in [4.69, 9.17) is 37.9 Å². The number of hydrogen-bond acceptors (Lipinski definition) is 14. The number of esters is 1. The molecule has 57 heavy (non-hydrogen) atoms. The quantitative estimate of drug-likeness (QED) is 0.0730. The largest absolute Gasteiger partial charge is 0.583 e. The van der Waals surface area contributed by atoms with Crippen LogP contribution in [0.4, 0.5) is 0 Å². The van der Waals surface area contributed by atoms with E-state index in [1.54, 1.807) is 0 Å². The molecule has 17 heteroatoms. The topological polar surface area (TPSA) is 185 Å². The third-order valence-corrected chi connectivity index (χ3v) is 10.2. The van der Waals surface area contributed by atoms with E-state index in [1.165, 1.54) is 11.3 Å². The van der Waals surface area contributed by atoms with Crippen LogP contribution in [0.3, 0.4) is 0 Å². The van der Waals surface area contributed by atoms with Gasteiger partial charge in [-0.05, 0) is 85.4 Å². The number of hydrogen-bond donors (Lipinski definition) is 4. The molecule has 3 atom stereocenters. The van der Waals surface area contributed by atoms with Crippen LogP contribution in [0.2, 0.25) is 0 Å². The van der Waals surface area contributed by atoms with Crippen molar-refractivity contribution >= 4 is 26.7 Å². The zero-order valence-electron chi connectivity index (χ0n) is 35.5. The molecule has 6 rings (SSSR count). The molecule has 0 amide bonds. The van der Waals surface area contributed by atoms with Crippen molar-refractivity contribution in [1.82, 2.24) is 4.90 Å². The Morgan fingerprint density at radius 3 is 1.63 bits per heavy atom. The minimum Gasteiger partial charge on any atom is -0.583 e. The second-order valence-corrected chi connectivity index (χ2v) is 16.4. The Morgan fingerprint density at radius 1 is 0.789 bits per heavy atom. The predicted octanol–water partition coefficient (Wildman–Crippen LogP) is 2.07. The van der Waals surface area contributed by atoms with Crippen molar-refractivity contribution < 1.29 is 72.6 Å². The molecule has 3 spiro atoms. The van der Waals surface area contributed by atoms with E-state index in [0.717, 1.165) is 70.3 Å². The molecule has 4 N–H and O–H groups in total. The average molecular weight is 833 g/mol. The van der Waals surface area contributed by atoms with Crippen molar-refractivity contribution in [1.29, 1.82) is 0 Å². The summed E-state index contributed by atoms with van der Waals surface area (Å²) < 4.78 is 45.7. The molecule has 6 aliphatic rings. The number of carbonyl (C=O) groups excluding carboxylic acids is 1. The first-order chi connectivity index (χ1) is 27.0. The van der Waals surface area contributed by atoms with Crippen LogP contribution < -0.4 is 10.0 Å². The van der Waals surface area contributed by atoms with E-state index in [-0.39, 0.29) is 30.0 Å². The molecule has 3 saturated carbocycles. The van der Waals surface area contributed by atoms with Gasteiger partial charge in [0, 0.05) is 50.0 Å². The molecule has 3 aliphatic heterocycles. The van der Waals surface area contributed by atoms with Crippen LogP contribution in [0.15, 0.2) is 23.2 Å². The second-order valence-electron chi connectivity index (χ2n) is 15.8. The lowest BCUT2D eigenvalue weighted by Gasteiger charge is -2.49. The van der Waals surface area contributed by atoms with Crippen molar-refractivity contribution in [3.8, 4) is 0 Å². The summed E-state index contributed by atoms with van der Waals surface area (Å²) in [7, 11) is 15.3. The minimum absolute atomic E-state index is 0.0552. The normalized spacial score (nSPS) is 26.4. The van der Waals surface area contributed by atoms with Crippen LogP contribution in [0, 0.1) is 0 Å². The summed E-state index contributed by atoms with van der Waals surface area (Å²) in [6, 6.07) is 0. The zero-order chi connectivity index (χ0) is 42.2. The number of aliphatic hydroxyl groups excluding tert-OH is 3. The molecule has 0 aromatic carbocycles. The van der Waals surface area contributed by atoms with Crippen molar-refractivity contribution in [2.75, 3.05) is 55.5 Å². The number of rotatable bonds is 7. The van der Waals surface area contributed by atoms with Crippen molar-refractivity contribution in [3.05, 3.63) is 23.2 Å². The van der Waals surface area contributed by atoms with Gasteiger partial charge in [-0.3, -0.25) is 14.6 Å². The number of quaternary nitrogens is 1. The number of carbonyl (C=O) groups is 1. The average Bonchev–Trinajstić information content (AvgIpc) is 3.11. The monoisotopic (exact) mass is 832 g/mol. The maximum absolute atomic E-state index is 12.5. The van der Waals surface area contributed by atoms with Gasteiger partial charge in [-0.15, -0.1) is 0 Å². The lowest BCUT2D eigenvalue weighted by atomic mass is 9.92. The fraction of sp³-hybridized carbons (Fsp3) is 0.825. The number of aliphatic hydroxyl groups is 3. The molecule has 0 aromatic rings. The summed E-state index contributed by atoms with van der Waals surface area (Å²) in [4.78, 5) is 14.4. The summed E-state index contributed by atoms with van der Waals surface area (Å²) in [5.74, 6) is -3.63. The summed E-state index contributed by atoms with van der Waals surface area (Å²) in [6.45, 7) is 5.27. The molecule has 0 aromatic heterocycles. The Balaban J connectivity index is 0.000000240. The maximum Gasteiger partial charge on any atom is 0.324 e. The van der Waals surface area contributed by atoms with Crippen LogP contribution in [-0.2, 0) is 42.7 Å². The molecule has 0 radical (unpaired) electrons. The molecule has 0 bridgehead atoms. The van der Waals surface area contributed by atoms with Gasteiger partial charge in [0.1, 0.15) is 19.9 Å². The van der Waals surface area contributed by atoms with Gasteiger partial charge in [-0.1, -0.05) is 28.1 Å². The van der Waals surface area contributed by atoms with Crippen LogP contribution in [0.1, 0.15) is 117 Å². The Kier molecular flexibility index (Phi) is 20.5. The molecule has 3 aliphatic carbocycles. The van der Waals surface area contributed by atoms with Gasteiger partial charge in [0.25, 0.3) is 0 Å². The van der Waals surface area contributed by atoms with Gasteiger partial charge in [-0.2, -0.15) is 4.58 Å². The standard InChI is InChI=1S/C19H28O8.C9H13O3P.C7H17NO2.C5H13N2/c20-14-12(15(21)25-18(24-14)7-3-1-4-8-18)11-13-16(22)26-19(27-17(13)23)9-5-2-6-10-19;10-7-6-8(13)12-9(11-7)4-2-1-3-5-9;1-5-9-7(8(3)4)10-6-2;1-6(2)5-7(3)4/h11,14-16,20-23H,1-10H2;13H,1-6H2;7H,5-6H2,1-4H3;5H,1-4H3/q;;;+1. The van der Waals surface area contributed by atoms with Crippen LogP contribution in [0.25, 0.3) is 0 Å². The zero-order valence-corrected chi connectivity index (χ0v) is 36.5. The summed E-state index contributed by atoms with van der Waals surface area (Å²) >= 11 is 0. The fourth-order valence-electron chi connectivity index (χ4n) is 7.50. The minimum atomic E-state index is -1.50. The number of nitrogens with one attached hydrogen (secondary N) is 1. The first-order valence-electron chi connectivity index (χ1n) is 20.6. The molecular formula is C40H71N3O13P+. The summed E-state index contributed by atoms with van der Waals surface area (Å²) in [6.07, 6.45) is 11.8. The van der Waals surface area contributed by atoms with E-state index in [2.05, 4.69) is 29.3 Å². The SMILES string of the molecule is CCOC(OCC)N(C)C.C[N+](C)=C[NH+](C)C.O=C1CC(=P)OC2(CCCCC2)O1.[O-]C1=C(C=C2C(O)OC3(CCCCC3)OC2O)C(O)OC2(CCCCC2)O1. The van der Waals surface area contributed by atoms with Crippen molar-refractivity contribution in [2.24, 2.45) is 0 Å². The highest BCUT2D eigenvalue weighted by Crippen LogP contribution is 2.42. The Morgan fingerprint density at radius 2 is 1.25 bits per heavy atom. The lowest BCUT2D eigenvalue weighted by Crippen LogP contribution is -3.05. The predicted molar refractivity (Wildman–Crippen MR) is 212 cm³/mol. The first kappa shape index (κ1) is 49.3. The molecule has 328 valence electrons. The van der Waals surface area contributed by atoms with E-state index < -0.39 is 42.2 Å². The molecule has 16 nitrogen and oxygen atoms in total. The Hall–Kier alpha value is -2.05. The second kappa shape index (κ2) is 23.7. The van der Waals surface area contributed by atoms with Crippen molar-refractivity contribution in [3.63, 3.8) is 0 Å². The van der Waals surface area contributed by atoms with Crippen LogP contribution in [-0.4, -0.2) is 141 Å². The highest BCUT2D eigenvalue weighted by atomic mass is 31.0. The lowest BCUT2D eigenvalue weighted by molar-refractivity contribution is -0.778. The van der Waals surface area contributed by atoms with Crippen LogP contribution in [0.5, 0.6) is 0 Å². The Labute approximate surface area is 341 Å². The van der Waals surface area contributed by atoms with E-state index in [0.29, 0.717) is 44.4 Å². The van der Waals surface area contributed by atoms with Gasteiger partial charge in [0.2, 0.25) is 12.2 Å². The number of ether oxygens (including phenoxy) is 8. The summed E-state index contributed by atoms with van der Waals surface area (Å²) in [5.41, 5.74) is 0.365. The molecular weight excluding hydrogens is 761 g/mol. The molecule has 5 fully saturated rings. The summed E-state index contributed by atoms with van der Waals surface area (Å²) in [5, 5.41) is 43.6. The number of nitrogens with zero attached hydrogens (tertiary/aromatic N) is 2. The maximum atomic E-state index is 12.5. The van der Waals surface area contributed by atoms with E-state index >= 15 is 0 Å². The van der Waals surface area contributed by atoms with Gasteiger partial charge < -0.3 is 58.3 Å². The van der Waals surface area contributed by atoms with Crippen LogP contribution >= 0.6 is 8.86 Å². The van der Waals surface area contributed by atoms with Gasteiger partial charge in [-0.25, -0.2) is 0 Å². The third kappa shape index (κ3) is 15.8. The van der Waals surface area contributed by atoms with E-state index in [9.17, 15) is 25.2 Å². The van der Waals surface area contributed by atoms with Crippen molar-refractivity contribution in [2.45, 2.75) is 159 Å². The molecule has 2 saturated heterocycles. The van der Waals surface area contributed by atoms with Gasteiger partial charge in [0.05, 0.1) is 31.9 Å². The van der Waals surface area contributed by atoms with Gasteiger partial charge >= 0.3 is 12.3 Å². The molecule has 3 heterocycles.